The van der Waals surface area contributed by atoms with E-state index < -0.39 is 12.1 Å². The quantitative estimate of drug-likeness (QED) is 0.856. The lowest BCUT2D eigenvalue weighted by atomic mass is 10.2. The molecule has 0 fully saturated rings. The van der Waals surface area contributed by atoms with Crippen molar-refractivity contribution in [2.24, 2.45) is 0 Å². The molecule has 22 heavy (non-hydrogen) atoms. The van der Waals surface area contributed by atoms with Gasteiger partial charge in [0.2, 0.25) is 5.76 Å². The Bertz CT molecular complexity index is 660. The molecular formula is C16H15NO5. The second-order valence-electron chi connectivity index (χ2n) is 4.35. The number of furan rings is 1. The molecule has 0 bridgehead atoms. The lowest BCUT2D eigenvalue weighted by Crippen LogP contribution is -2.24. The third kappa shape index (κ3) is 4.82. The first kappa shape index (κ1) is 15.4. The molecule has 2 N–H and O–H groups in total. The Labute approximate surface area is 127 Å². The Kier molecular flexibility index (Phi) is 5.37. The van der Waals surface area contributed by atoms with Crippen LogP contribution in [-0.2, 0) is 11.3 Å². The third-order valence-corrected chi connectivity index (χ3v) is 2.70. The molecule has 2 aromatic rings. The van der Waals surface area contributed by atoms with E-state index in [0.29, 0.717) is 5.76 Å². The second kappa shape index (κ2) is 7.68. The van der Waals surface area contributed by atoms with Gasteiger partial charge in [-0.2, -0.15) is 0 Å². The smallest absolute Gasteiger partial charge is 0.407 e. The summed E-state index contributed by atoms with van der Waals surface area (Å²) in [6.45, 7) is 0.452. The van der Waals surface area contributed by atoms with E-state index in [-0.39, 0.29) is 18.9 Å². The number of carboxylic acids is 1. The average Bonchev–Trinajstić information content (AvgIpc) is 3.00. The highest BCUT2D eigenvalue weighted by molar-refractivity contribution is 5.84. The zero-order valence-corrected chi connectivity index (χ0v) is 11.7. The van der Waals surface area contributed by atoms with Crippen LogP contribution in [0, 0.1) is 0 Å². The lowest BCUT2D eigenvalue weighted by molar-refractivity contribution is 0.0662. The molecule has 0 radical (unpaired) electrons. The molecule has 0 aliphatic carbocycles. The van der Waals surface area contributed by atoms with Crippen LogP contribution in [0.2, 0.25) is 0 Å². The van der Waals surface area contributed by atoms with Gasteiger partial charge in [0.15, 0.2) is 0 Å². The van der Waals surface area contributed by atoms with Crippen molar-refractivity contribution in [1.29, 1.82) is 0 Å². The van der Waals surface area contributed by atoms with E-state index >= 15 is 0 Å². The number of benzene rings is 1. The average molecular weight is 301 g/mol. The van der Waals surface area contributed by atoms with Crippen LogP contribution in [0.4, 0.5) is 4.79 Å². The number of carboxylic acid groups (broad SMARTS) is 1. The van der Waals surface area contributed by atoms with Gasteiger partial charge in [-0.05, 0) is 23.8 Å². The van der Waals surface area contributed by atoms with Crippen LogP contribution >= 0.6 is 0 Å². The number of carbonyl (C=O) groups excluding carboxylic acids is 1. The summed E-state index contributed by atoms with van der Waals surface area (Å²) in [5.41, 5.74) is 0.907. The van der Waals surface area contributed by atoms with E-state index in [1.165, 1.54) is 12.1 Å². The fraction of sp³-hybridized carbons (Fsp3) is 0.125. The Hall–Kier alpha value is -3.02. The molecule has 1 heterocycles. The first-order valence-electron chi connectivity index (χ1n) is 6.59. The maximum Gasteiger partial charge on any atom is 0.407 e. The number of hydrogen-bond acceptors (Lipinski definition) is 4. The van der Waals surface area contributed by atoms with Gasteiger partial charge < -0.3 is 19.6 Å². The van der Waals surface area contributed by atoms with E-state index in [1.54, 1.807) is 12.2 Å². The Morgan fingerprint density at radius 1 is 1.18 bits per heavy atom. The number of aromatic carboxylic acids is 1. The van der Waals surface area contributed by atoms with Crippen molar-refractivity contribution < 1.29 is 23.8 Å². The number of nitrogens with one attached hydrogen (secondary N) is 1. The van der Waals surface area contributed by atoms with Gasteiger partial charge in [0.05, 0.1) is 0 Å². The minimum Gasteiger partial charge on any atom is -0.475 e. The topological polar surface area (TPSA) is 88.8 Å². The van der Waals surface area contributed by atoms with E-state index in [9.17, 15) is 9.59 Å². The summed E-state index contributed by atoms with van der Waals surface area (Å²) in [6.07, 6.45) is 2.68. The summed E-state index contributed by atoms with van der Waals surface area (Å²) < 4.78 is 10.1. The van der Waals surface area contributed by atoms with Gasteiger partial charge in [0, 0.05) is 6.54 Å². The monoisotopic (exact) mass is 301 g/mol. The molecule has 0 saturated carbocycles. The predicted molar refractivity (Wildman–Crippen MR) is 79.3 cm³/mol. The number of amides is 1. The zero-order chi connectivity index (χ0) is 15.8. The van der Waals surface area contributed by atoms with Crippen molar-refractivity contribution in [2.45, 2.75) is 6.61 Å². The highest BCUT2D eigenvalue weighted by Gasteiger charge is 2.06. The number of hydrogen-bond donors (Lipinski definition) is 2. The van der Waals surface area contributed by atoms with Crippen LogP contribution in [-0.4, -0.2) is 23.7 Å². The van der Waals surface area contributed by atoms with E-state index in [1.807, 2.05) is 30.3 Å². The van der Waals surface area contributed by atoms with E-state index in [4.69, 9.17) is 14.3 Å². The summed E-state index contributed by atoms with van der Waals surface area (Å²) >= 11 is 0. The zero-order valence-electron chi connectivity index (χ0n) is 11.7. The third-order valence-electron chi connectivity index (χ3n) is 2.70. The molecule has 0 saturated heterocycles. The molecule has 0 spiro atoms. The molecule has 1 amide bonds. The van der Waals surface area contributed by atoms with Crippen LogP contribution in [0.15, 0.2) is 53.0 Å². The fourth-order valence-corrected chi connectivity index (χ4v) is 1.65. The van der Waals surface area contributed by atoms with E-state index in [2.05, 4.69) is 5.32 Å². The van der Waals surface area contributed by atoms with Gasteiger partial charge in [-0.25, -0.2) is 9.59 Å². The van der Waals surface area contributed by atoms with Gasteiger partial charge in [-0.3, -0.25) is 0 Å². The molecule has 1 aromatic carbocycles. The summed E-state index contributed by atoms with van der Waals surface area (Å²) in [5.74, 6) is -0.853. The van der Waals surface area contributed by atoms with Gasteiger partial charge in [-0.1, -0.05) is 36.4 Å². The first-order valence-corrected chi connectivity index (χ1v) is 6.59. The molecule has 0 unspecified atom stereocenters. The van der Waals surface area contributed by atoms with Gasteiger partial charge >= 0.3 is 12.1 Å². The van der Waals surface area contributed by atoms with Crippen molar-refractivity contribution in [3.05, 3.63) is 65.6 Å². The van der Waals surface area contributed by atoms with Crippen molar-refractivity contribution in [2.75, 3.05) is 6.54 Å². The van der Waals surface area contributed by atoms with Crippen molar-refractivity contribution >= 4 is 18.1 Å². The SMILES string of the molecule is O=C(NCC=Cc1ccc(C(=O)O)o1)OCc1ccccc1. The molecule has 2 rings (SSSR count). The molecular weight excluding hydrogens is 286 g/mol. The van der Waals surface area contributed by atoms with Crippen LogP contribution in [0.3, 0.4) is 0 Å². The maximum absolute atomic E-state index is 11.5. The number of alkyl carbamates (subject to hydrolysis) is 1. The van der Waals surface area contributed by atoms with Crippen LogP contribution in [0.5, 0.6) is 0 Å². The molecule has 6 nitrogen and oxygen atoms in total. The molecule has 0 atom stereocenters. The highest BCUT2D eigenvalue weighted by atomic mass is 16.5. The first-order chi connectivity index (χ1) is 10.6. The van der Waals surface area contributed by atoms with Crippen molar-refractivity contribution in [3.8, 4) is 0 Å². The van der Waals surface area contributed by atoms with Gasteiger partial charge in [0.25, 0.3) is 0 Å². The minimum absolute atomic E-state index is 0.130. The van der Waals surface area contributed by atoms with Crippen LogP contribution in [0.25, 0.3) is 6.08 Å². The number of rotatable bonds is 6. The number of ether oxygens (including phenoxy) is 1. The van der Waals surface area contributed by atoms with Crippen LogP contribution in [0.1, 0.15) is 21.9 Å². The van der Waals surface area contributed by atoms with Gasteiger partial charge in [0.1, 0.15) is 12.4 Å². The number of carbonyl (C=O) groups is 2. The Balaban J connectivity index is 1.70. The normalized spacial score (nSPS) is 10.5. The Morgan fingerprint density at radius 3 is 2.64 bits per heavy atom. The highest BCUT2D eigenvalue weighted by Crippen LogP contribution is 2.09. The summed E-state index contributed by atoms with van der Waals surface area (Å²) in [4.78, 5) is 22.1. The summed E-state index contributed by atoms with van der Waals surface area (Å²) in [7, 11) is 0. The Morgan fingerprint density at radius 2 is 1.95 bits per heavy atom. The summed E-state index contributed by atoms with van der Waals surface area (Å²) in [6, 6.07) is 12.3. The lowest BCUT2D eigenvalue weighted by Gasteiger charge is -2.04. The van der Waals surface area contributed by atoms with Gasteiger partial charge in [-0.15, -0.1) is 0 Å². The minimum atomic E-state index is -1.12. The molecule has 114 valence electrons. The van der Waals surface area contributed by atoms with Crippen molar-refractivity contribution in [3.63, 3.8) is 0 Å². The molecule has 0 aliphatic heterocycles. The fourth-order valence-electron chi connectivity index (χ4n) is 1.65. The predicted octanol–water partition coefficient (Wildman–Crippen LogP) is 2.92. The molecule has 6 heteroatoms. The molecule has 0 aliphatic rings. The second-order valence-corrected chi connectivity index (χ2v) is 4.35. The van der Waals surface area contributed by atoms with E-state index in [0.717, 1.165) is 5.56 Å². The molecule has 1 aromatic heterocycles. The standard InChI is InChI=1S/C16H15NO5/c18-15(19)14-9-8-13(22-14)7-4-10-17-16(20)21-11-12-5-2-1-3-6-12/h1-9H,10-11H2,(H,17,20)(H,18,19). The largest absolute Gasteiger partial charge is 0.475 e. The summed E-state index contributed by atoms with van der Waals surface area (Å²) in [5, 5.41) is 11.3. The van der Waals surface area contributed by atoms with Crippen LogP contribution < -0.4 is 5.32 Å². The maximum atomic E-state index is 11.5. The van der Waals surface area contributed by atoms with Crippen molar-refractivity contribution in [1.82, 2.24) is 5.32 Å².